The first-order chi connectivity index (χ1) is 9.26. The molecule has 19 heavy (non-hydrogen) atoms. The standard InChI is InChI=1S/C13H18ClN5/c1-2-7-19-13(11(14)9-17-19)12(18-15)8-10-3-5-16-6-4-10/h3-6,9,12,18H,2,7-8,15H2,1H3. The fourth-order valence-corrected chi connectivity index (χ4v) is 2.37. The lowest BCUT2D eigenvalue weighted by atomic mass is 10.0. The second-order valence-corrected chi connectivity index (χ2v) is 4.79. The highest BCUT2D eigenvalue weighted by atomic mass is 35.5. The highest BCUT2D eigenvalue weighted by Gasteiger charge is 2.19. The topological polar surface area (TPSA) is 68.8 Å². The van der Waals surface area contributed by atoms with Crippen LogP contribution in [-0.2, 0) is 13.0 Å². The van der Waals surface area contributed by atoms with Crippen molar-refractivity contribution in [2.24, 2.45) is 5.84 Å². The highest BCUT2D eigenvalue weighted by molar-refractivity contribution is 6.31. The second kappa shape index (κ2) is 6.65. The molecule has 0 bridgehead atoms. The van der Waals surface area contributed by atoms with Crippen LogP contribution in [0.25, 0.3) is 0 Å². The van der Waals surface area contributed by atoms with E-state index in [0.717, 1.165) is 30.6 Å². The van der Waals surface area contributed by atoms with E-state index >= 15 is 0 Å². The predicted octanol–water partition coefficient (Wildman–Crippen LogP) is 2.09. The number of nitrogens with zero attached hydrogens (tertiary/aromatic N) is 3. The summed E-state index contributed by atoms with van der Waals surface area (Å²) in [5.74, 6) is 5.68. The summed E-state index contributed by atoms with van der Waals surface area (Å²) < 4.78 is 1.91. The van der Waals surface area contributed by atoms with Crippen LogP contribution in [0.4, 0.5) is 0 Å². The molecule has 0 spiro atoms. The van der Waals surface area contributed by atoms with Crippen LogP contribution in [0.5, 0.6) is 0 Å². The Kier molecular flexibility index (Phi) is 4.90. The number of nitrogens with one attached hydrogen (secondary N) is 1. The first kappa shape index (κ1) is 14.0. The van der Waals surface area contributed by atoms with Crippen LogP contribution in [0.15, 0.2) is 30.7 Å². The number of hydrogen-bond acceptors (Lipinski definition) is 4. The van der Waals surface area contributed by atoms with Gasteiger partial charge in [-0.3, -0.25) is 20.9 Å². The van der Waals surface area contributed by atoms with Crippen molar-refractivity contribution in [3.8, 4) is 0 Å². The maximum atomic E-state index is 6.23. The van der Waals surface area contributed by atoms with Gasteiger partial charge in [-0.1, -0.05) is 18.5 Å². The van der Waals surface area contributed by atoms with Gasteiger partial charge in [-0.05, 0) is 30.5 Å². The van der Waals surface area contributed by atoms with E-state index in [1.54, 1.807) is 18.6 Å². The smallest absolute Gasteiger partial charge is 0.0834 e. The molecule has 0 aliphatic rings. The van der Waals surface area contributed by atoms with Crippen LogP contribution < -0.4 is 11.3 Å². The fourth-order valence-electron chi connectivity index (χ4n) is 2.10. The minimum absolute atomic E-state index is 0.0658. The average Bonchev–Trinajstić information content (AvgIpc) is 2.79. The lowest BCUT2D eigenvalue weighted by Gasteiger charge is -2.18. The number of hydrogen-bond donors (Lipinski definition) is 2. The lowest BCUT2D eigenvalue weighted by molar-refractivity contribution is 0.478. The van der Waals surface area contributed by atoms with E-state index in [4.69, 9.17) is 17.4 Å². The Morgan fingerprint density at radius 1 is 1.42 bits per heavy atom. The summed E-state index contributed by atoms with van der Waals surface area (Å²) >= 11 is 6.23. The van der Waals surface area contributed by atoms with Gasteiger partial charge >= 0.3 is 0 Å². The largest absolute Gasteiger partial charge is 0.271 e. The Hall–Kier alpha value is -1.43. The number of rotatable bonds is 6. The quantitative estimate of drug-likeness (QED) is 0.628. The van der Waals surface area contributed by atoms with E-state index in [1.807, 2.05) is 16.8 Å². The zero-order chi connectivity index (χ0) is 13.7. The van der Waals surface area contributed by atoms with Crippen molar-refractivity contribution in [2.75, 3.05) is 0 Å². The minimum atomic E-state index is -0.0658. The van der Waals surface area contributed by atoms with Gasteiger partial charge in [0.2, 0.25) is 0 Å². The second-order valence-electron chi connectivity index (χ2n) is 4.38. The molecule has 0 aliphatic carbocycles. The van der Waals surface area contributed by atoms with E-state index in [0.29, 0.717) is 5.02 Å². The first-order valence-electron chi connectivity index (χ1n) is 6.32. The summed E-state index contributed by atoms with van der Waals surface area (Å²) in [5, 5.41) is 4.94. The molecule has 102 valence electrons. The van der Waals surface area contributed by atoms with Gasteiger partial charge in [0.05, 0.1) is 23.0 Å². The maximum Gasteiger partial charge on any atom is 0.0834 e. The Morgan fingerprint density at radius 2 is 2.16 bits per heavy atom. The predicted molar refractivity (Wildman–Crippen MR) is 75.5 cm³/mol. The zero-order valence-corrected chi connectivity index (χ0v) is 11.6. The number of aromatic nitrogens is 3. The fraction of sp³-hybridized carbons (Fsp3) is 0.385. The summed E-state index contributed by atoms with van der Waals surface area (Å²) in [6.45, 7) is 2.93. The molecule has 2 heterocycles. The van der Waals surface area contributed by atoms with Crippen LogP contribution in [0.3, 0.4) is 0 Å². The van der Waals surface area contributed by atoms with E-state index in [-0.39, 0.29) is 6.04 Å². The van der Waals surface area contributed by atoms with Crippen LogP contribution >= 0.6 is 11.6 Å². The number of hydrazine groups is 1. The van der Waals surface area contributed by atoms with E-state index in [2.05, 4.69) is 22.4 Å². The van der Waals surface area contributed by atoms with Gasteiger partial charge in [-0.2, -0.15) is 5.10 Å². The SMILES string of the molecule is CCCn1ncc(Cl)c1C(Cc1ccncc1)NN. The lowest BCUT2D eigenvalue weighted by Crippen LogP contribution is -2.31. The third-order valence-corrected chi connectivity index (χ3v) is 3.28. The summed E-state index contributed by atoms with van der Waals surface area (Å²) in [4.78, 5) is 4.01. The molecule has 2 rings (SSSR count). The molecular weight excluding hydrogens is 262 g/mol. The maximum absolute atomic E-state index is 6.23. The molecule has 0 aromatic carbocycles. The molecule has 0 saturated carbocycles. The third-order valence-electron chi connectivity index (χ3n) is 2.99. The van der Waals surface area contributed by atoms with Crippen LogP contribution in [0.2, 0.25) is 5.02 Å². The minimum Gasteiger partial charge on any atom is -0.271 e. The molecule has 2 aromatic rings. The summed E-state index contributed by atoms with van der Waals surface area (Å²) in [5.41, 5.74) is 4.91. The number of halogens is 1. The molecule has 5 nitrogen and oxygen atoms in total. The first-order valence-corrected chi connectivity index (χ1v) is 6.70. The van der Waals surface area contributed by atoms with Crippen LogP contribution in [0, 0.1) is 0 Å². The van der Waals surface area contributed by atoms with Crippen molar-refractivity contribution in [1.82, 2.24) is 20.2 Å². The van der Waals surface area contributed by atoms with Gasteiger partial charge in [0, 0.05) is 18.9 Å². The van der Waals surface area contributed by atoms with Gasteiger partial charge in [0.25, 0.3) is 0 Å². The van der Waals surface area contributed by atoms with Gasteiger partial charge < -0.3 is 0 Å². The van der Waals surface area contributed by atoms with Crippen molar-refractivity contribution in [2.45, 2.75) is 32.4 Å². The number of aryl methyl sites for hydroxylation is 1. The molecule has 0 aliphatic heterocycles. The van der Waals surface area contributed by atoms with Gasteiger partial charge in [0.1, 0.15) is 0 Å². The molecule has 0 amide bonds. The van der Waals surface area contributed by atoms with Crippen molar-refractivity contribution in [3.63, 3.8) is 0 Å². The molecular formula is C13H18ClN5. The summed E-state index contributed by atoms with van der Waals surface area (Å²) in [6, 6.07) is 3.88. The molecule has 1 atom stereocenters. The monoisotopic (exact) mass is 279 g/mol. The number of pyridine rings is 1. The van der Waals surface area contributed by atoms with Gasteiger partial charge in [0.15, 0.2) is 0 Å². The zero-order valence-electron chi connectivity index (χ0n) is 10.9. The Balaban J connectivity index is 2.24. The van der Waals surface area contributed by atoms with Crippen molar-refractivity contribution in [3.05, 3.63) is 47.0 Å². The summed E-state index contributed by atoms with van der Waals surface area (Å²) in [6.07, 6.45) is 6.96. The molecule has 2 aromatic heterocycles. The number of nitrogens with two attached hydrogens (primary N) is 1. The van der Waals surface area contributed by atoms with Gasteiger partial charge in [-0.25, -0.2) is 0 Å². The Bertz CT molecular complexity index is 511. The van der Waals surface area contributed by atoms with Gasteiger partial charge in [-0.15, -0.1) is 0 Å². The van der Waals surface area contributed by atoms with Crippen LogP contribution in [-0.4, -0.2) is 14.8 Å². The van der Waals surface area contributed by atoms with E-state index < -0.39 is 0 Å². The Morgan fingerprint density at radius 3 is 2.79 bits per heavy atom. The molecule has 0 saturated heterocycles. The van der Waals surface area contributed by atoms with Crippen molar-refractivity contribution in [1.29, 1.82) is 0 Å². The molecule has 3 N–H and O–H groups in total. The van der Waals surface area contributed by atoms with E-state index in [1.165, 1.54) is 0 Å². The van der Waals surface area contributed by atoms with Crippen LogP contribution in [0.1, 0.15) is 30.6 Å². The van der Waals surface area contributed by atoms with Crippen molar-refractivity contribution < 1.29 is 0 Å². The average molecular weight is 280 g/mol. The highest BCUT2D eigenvalue weighted by Crippen LogP contribution is 2.25. The summed E-state index contributed by atoms with van der Waals surface area (Å²) in [7, 11) is 0. The third kappa shape index (κ3) is 3.32. The normalized spacial score (nSPS) is 12.6. The Labute approximate surface area is 117 Å². The molecule has 6 heteroatoms. The molecule has 1 unspecified atom stereocenters. The van der Waals surface area contributed by atoms with E-state index in [9.17, 15) is 0 Å². The molecule has 0 radical (unpaired) electrons. The van der Waals surface area contributed by atoms with Crippen molar-refractivity contribution >= 4 is 11.6 Å². The molecule has 0 fully saturated rings.